The SMILES string of the molecule is C=C(C)C(=O)OCC[PH](=O)OCC[N+](C)(C)C. The van der Waals surface area contributed by atoms with E-state index in [1.807, 2.05) is 21.1 Å². The third-order valence-corrected chi connectivity index (χ3v) is 3.05. The lowest BCUT2D eigenvalue weighted by molar-refractivity contribution is -0.870. The molecule has 0 bridgehead atoms. The first-order valence-corrected chi connectivity index (χ1v) is 7.03. The Kier molecular flexibility index (Phi) is 7.35. The summed E-state index contributed by atoms with van der Waals surface area (Å²) >= 11 is 0. The Hall–Kier alpha value is -0.640. The summed E-state index contributed by atoms with van der Waals surface area (Å²) in [6.45, 7) is 6.39. The number of carbonyl (C=O) groups is 1. The second-order valence-electron chi connectivity index (χ2n) is 4.90. The number of hydrogen-bond donors (Lipinski definition) is 0. The number of rotatable bonds is 8. The van der Waals surface area contributed by atoms with Gasteiger partial charge in [-0.2, -0.15) is 0 Å². The van der Waals surface area contributed by atoms with Crippen molar-refractivity contribution in [3.05, 3.63) is 12.2 Å². The molecule has 17 heavy (non-hydrogen) atoms. The van der Waals surface area contributed by atoms with Gasteiger partial charge in [-0.15, -0.1) is 0 Å². The lowest BCUT2D eigenvalue weighted by Gasteiger charge is -2.23. The van der Waals surface area contributed by atoms with Crippen LogP contribution in [-0.2, 0) is 18.6 Å². The van der Waals surface area contributed by atoms with Crippen molar-refractivity contribution >= 4 is 14.0 Å². The number of esters is 1. The van der Waals surface area contributed by atoms with Gasteiger partial charge in [0, 0.05) is 5.57 Å². The quantitative estimate of drug-likeness (QED) is 0.287. The Labute approximate surface area is 104 Å². The van der Waals surface area contributed by atoms with Crippen LogP contribution in [0.5, 0.6) is 0 Å². The van der Waals surface area contributed by atoms with E-state index in [0.29, 0.717) is 12.2 Å². The minimum Gasteiger partial charge on any atom is -0.462 e. The molecule has 0 saturated heterocycles. The van der Waals surface area contributed by atoms with Crippen molar-refractivity contribution in [1.82, 2.24) is 0 Å². The average Bonchev–Trinajstić information content (AvgIpc) is 2.15. The highest BCUT2D eigenvalue weighted by atomic mass is 31.1. The van der Waals surface area contributed by atoms with Crippen LogP contribution in [0.25, 0.3) is 0 Å². The summed E-state index contributed by atoms with van der Waals surface area (Å²) in [6, 6.07) is 0. The fraction of sp³-hybridized carbons (Fsp3) is 0.727. The highest BCUT2D eigenvalue weighted by Gasteiger charge is 2.09. The molecule has 0 spiro atoms. The molecular weight excluding hydrogens is 241 g/mol. The van der Waals surface area contributed by atoms with Gasteiger partial charge in [-0.25, -0.2) is 4.79 Å². The average molecular weight is 264 g/mol. The molecule has 0 aromatic heterocycles. The van der Waals surface area contributed by atoms with Crippen molar-refractivity contribution in [2.75, 3.05) is 47.1 Å². The monoisotopic (exact) mass is 264 g/mol. The molecule has 0 saturated carbocycles. The van der Waals surface area contributed by atoms with E-state index < -0.39 is 14.0 Å². The summed E-state index contributed by atoms with van der Waals surface area (Å²) in [5, 5.41) is 0. The van der Waals surface area contributed by atoms with Gasteiger partial charge in [0.2, 0.25) is 0 Å². The van der Waals surface area contributed by atoms with Gasteiger partial charge in [-0.1, -0.05) is 6.58 Å². The first-order chi connectivity index (χ1) is 7.72. The summed E-state index contributed by atoms with van der Waals surface area (Å²) in [7, 11) is 4.01. The van der Waals surface area contributed by atoms with E-state index >= 15 is 0 Å². The van der Waals surface area contributed by atoms with Gasteiger partial charge in [0.05, 0.1) is 27.3 Å². The molecule has 1 atom stereocenters. The van der Waals surface area contributed by atoms with Crippen molar-refractivity contribution in [2.24, 2.45) is 0 Å². The second-order valence-corrected chi connectivity index (χ2v) is 6.43. The molecule has 0 aliphatic heterocycles. The lowest BCUT2D eigenvalue weighted by atomic mass is 10.4. The van der Waals surface area contributed by atoms with Crippen molar-refractivity contribution in [3.8, 4) is 0 Å². The van der Waals surface area contributed by atoms with Crippen LogP contribution < -0.4 is 0 Å². The van der Waals surface area contributed by atoms with Crippen molar-refractivity contribution in [1.29, 1.82) is 0 Å². The van der Waals surface area contributed by atoms with Crippen LogP contribution in [0.2, 0.25) is 0 Å². The minimum atomic E-state index is -2.10. The molecule has 0 rings (SSSR count). The van der Waals surface area contributed by atoms with E-state index in [9.17, 15) is 9.36 Å². The van der Waals surface area contributed by atoms with Gasteiger partial charge >= 0.3 is 5.97 Å². The number of nitrogens with zero attached hydrogens (tertiary/aromatic N) is 1. The Morgan fingerprint density at radius 2 is 1.88 bits per heavy atom. The number of likely N-dealkylation sites (N-methyl/N-ethyl adjacent to an activating group) is 1. The van der Waals surface area contributed by atoms with Gasteiger partial charge in [0.25, 0.3) is 0 Å². The van der Waals surface area contributed by atoms with Crippen molar-refractivity contribution in [2.45, 2.75) is 6.92 Å². The Balaban J connectivity index is 3.61. The smallest absolute Gasteiger partial charge is 0.333 e. The third-order valence-electron chi connectivity index (χ3n) is 1.91. The predicted molar refractivity (Wildman–Crippen MR) is 68.5 cm³/mol. The topological polar surface area (TPSA) is 52.6 Å². The maximum Gasteiger partial charge on any atom is 0.333 e. The molecule has 0 heterocycles. The maximum absolute atomic E-state index is 11.4. The number of hydrogen-bond acceptors (Lipinski definition) is 4. The Morgan fingerprint density at radius 3 is 2.35 bits per heavy atom. The summed E-state index contributed by atoms with van der Waals surface area (Å²) in [5.41, 5.74) is 0.343. The molecule has 1 unspecified atom stereocenters. The molecule has 0 aliphatic rings. The van der Waals surface area contributed by atoms with E-state index in [-0.39, 0.29) is 12.8 Å². The molecule has 100 valence electrons. The van der Waals surface area contributed by atoms with E-state index in [1.54, 1.807) is 6.92 Å². The molecule has 0 aromatic rings. The first-order valence-electron chi connectivity index (χ1n) is 5.51. The van der Waals surface area contributed by atoms with E-state index in [1.165, 1.54) is 0 Å². The fourth-order valence-electron chi connectivity index (χ4n) is 0.856. The van der Waals surface area contributed by atoms with E-state index in [0.717, 1.165) is 11.0 Å². The molecule has 0 aromatic carbocycles. The van der Waals surface area contributed by atoms with Crippen LogP contribution in [0, 0.1) is 0 Å². The summed E-state index contributed by atoms with van der Waals surface area (Å²) < 4.78 is 22.2. The number of carbonyl (C=O) groups excluding carboxylic acids is 1. The van der Waals surface area contributed by atoms with Gasteiger partial charge in [0.1, 0.15) is 19.8 Å². The molecule has 0 fully saturated rings. The predicted octanol–water partition coefficient (Wildman–Crippen LogP) is 1.30. The van der Waals surface area contributed by atoms with Crippen LogP contribution in [0.3, 0.4) is 0 Å². The Morgan fingerprint density at radius 1 is 1.29 bits per heavy atom. The van der Waals surface area contributed by atoms with E-state index in [4.69, 9.17) is 9.26 Å². The molecule has 6 heteroatoms. The third kappa shape index (κ3) is 10.2. The van der Waals surface area contributed by atoms with Gasteiger partial charge in [-0.05, 0) is 6.92 Å². The van der Waals surface area contributed by atoms with Gasteiger partial charge in [-0.3, -0.25) is 4.57 Å². The Bertz CT molecular complexity index is 296. The van der Waals surface area contributed by atoms with Gasteiger partial charge in [0.15, 0.2) is 8.03 Å². The highest BCUT2D eigenvalue weighted by molar-refractivity contribution is 7.39. The number of ether oxygens (including phenoxy) is 1. The molecular formula is C11H23NO4P+. The molecule has 0 amide bonds. The summed E-state index contributed by atoms with van der Waals surface area (Å²) in [5.74, 6) is -0.453. The van der Waals surface area contributed by atoms with Gasteiger partial charge < -0.3 is 13.7 Å². The zero-order chi connectivity index (χ0) is 13.5. The fourth-order valence-corrected chi connectivity index (χ4v) is 1.59. The van der Waals surface area contributed by atoms with Crippen LogP contribution >= 0.6 is 8.03 Å². The molecule has 0 radical (unpaired) electrons. The first kappa shape index (κ1) is 16.4. The van der Waals surface area contributed by atoms with Crippen molar-refractivity contribution in [3.63, 3.8) is 0 Å². The summed E-state index contributed by atoms with van der Waals surface area (Å²) in [6.07, 6.45) is 0.265. The zero-order valence-corrected chi connectivity index (χ0v) is 12.1. The minimum absolute atomic E-state index is 0.119. The zero-order valence-electron chi connectivity index (χ0n) is 11.1. The van der Waals surface area contributed by atoms with Crippen LogP contribution in [0.15, 0.2) is 12.2 Å². The van der Waals surface area contributed by atoms with Crippen LogP contribution in [0.1, 0.15) is 6.92 Å². The molecule has 0 N–H and O–H groups in total. The second kappa shape index (κ2) is 7.64. The lowest BCUT2D eigenvalue weighted by Crippen LogP contribution is -2.37. The largest absolute Gasteiger partial charge is 0.462 e. The number of quaternary nitrogens is 1. The van der Waals surface area contributed by atoms with Crippen LogP contribution in [-0.4, -0.2) is 57.5 Å². The molecule has 5 nitrogen and oxygen atoms in total. The summed E-state index contributed by atoms with van der Waals surface area (Å²) in [4.78, 5) is 11.0. The van der Waals surface area contributed by atoms with Crippen LogP contribution in [0.4, 0.5) is 0 Å². The highest BCUT2D eigenvalue weighted by Crippen LogP contribution is 2.21. The molecule has 0 aliphatic carbocycles. The standard InChI is InChI=1S/C11H23NO4P/c1-10(2)11(13)15-8-9-17(14)16-7-6-12(3,4)5/h17H,1,6-9H2,2-5H3/q+1. The van der Waals surface area contributed by atoms with Crippen molar-refractivity contribution < 1.29 is 23.1 Å². The maximum atomic E-state index is 11.4. The van der Waals surface area contributed by atoms with E-state index in [2.05, 4.69) is 6.58 Å². The normalized spacial score (nSPS) is 13.2.